The highest BCUT2D eigenvalue weighted by molar-refractivity contribution is 7.90. The summed E-state index contributed by atoms with van der Waals surface area (Å²) < 4.78 is 23.7. The Bertz CT molecular complexity index is 690. The number of hydrogen-bond acceptors (Lipinski definition) is 6. The number of likely N-dealkylation sites (tertiary alicyclic amines) is 1. The average molecular weight is 341 g/mol. The van der Waals surface area contributed by atoms with Crippen LogP contribution in [-0.4, -0.2) is 57.2 Å². The van der Waals surface area contributed by atoms with Gasteiger partial charge in [0.05, 0.1) is 4.92 Å². The smallest absolute Gasteiger partial charge is 0.311 e. The number of hydrogen-bond donors (Lipinski definition) is 0. The second kappa shape index (κ2) is 6.84. The van der Waals surface area contributed by atoms with Gasteiger partial charge in [0.25, 0.3) is 0 Å². The van der Waals surface area contributed by atoms with Crippen molar-refractivity contribution in [3.05, 3.63) is 28.3 Å². The van der Waals surface area contributed by atoms with Gasteiger partial charge in [0.15, 0.2) is 9.84 Å². The zero-order chi connectivity index (χ0) is 17.2. The zero-order valence-electron chi connectivity index (χ0n) is 13.7. The van der Waals surface area contributed by atoms with Crippen molar-refractivity contribution in [2.75, 3.05) is 37.8 Å². The number of nitrogens with zero attached hydrogens (tertiary/aromatic N) is 3. The molecule has 1 saturated heterocycles. The van der Waals surface area contributed by atoms with E-state index in [1.807, 2.05) is 0 Å². The molecule has 0 N–H and O–H groups in total. The van der Waals surface area contributed by atoms with Crippen molar-refractivity contribution < 1.29 is 13.3 Å². The van der Waals surface area contributed by atoms with Crippen LogP contribution in [-0.2, 0) is 9.84 Å². The highest BCUT2D eigenvalue weighted by Crippen LogP contribution is 2.34. The second-order valence-electron chi connectivity index (χ2n) is 5.96. The molecule has 1 heterocycles. The first-order chi connectivity index (χ1) is 10.8. The topological polar surface area (TPSA) is 83.8 Å². The van der Waals surface area contributed by atoms with Gasteiger partial charge in [0.1, 0.15) is 10.6 Å². The second-order valence-corrected chi connectivity index (χ2v) is 7.94. The fourth-order valence-corrected chi connectivity index (χ4v) is 4.09. The molecule has 128 valence electrons. The van der Waals surface area contributed by atoms with Crippen molar-refractivity contribution in [2.45, 2.75) is 30.7 Å². The van der Waals surface area contributed by atoms with Crippen LogP contribution < -0.4 is 4.90 Å². The van der Waals surface area contributed by atoms with Gasteiger partial charge >= 0.3 is 5.69 Å². The molecular formula is C15H23N3O4S. The Hall–Kier alpha value is -1.67. The lowest BCUT2D eigenvalue weighted by Gasteiger charge is -2.29. The fraction of sp³-hybridized carbons (Fsp3) is 0.600. The summed E-state index contributed by atoms with van der Waals surface area (Å²) in [4.78, 5) is 14.8. The van der Waals surface area contributed by atoms with Gasteiger partial charge in [-0.15, -0.1) is 0 Å². The van der Waals surface area contributed by atoms with E-state index in [1.54, 1.807) is 24.1 Å². The minimum Gasteiger partial charge on any atom is -0.367 e. The standard InChI is InChI=1S/C15H23N3O4S/c1-4-17-10-6-7-12(17)11-16(2)13-8-5-9-14(23(3,21)22)15(13)18(19)20/h5,8-9,12H,4,6-7,10-11H2,1-3H3. The third-order valence-corrected chi connectivity index (χ3v) is 5.49. The van der Waals surface area contributed by atoms with Crippen LogP contribution in [0, 0.1) is 10.1 Å². The van der Waals surface area contributed by atoms with Gasteiger partial charge in [0.2, 0.25) is 0 Å². The molecule has 1 atom stereocenters. The van der Waals surface area contributed by atoms with Crippen LogP contribution in [0.1, 0.15) is 19.8 Å². The zero-order valence-corrected chi connectivity index (χ0v) is 14.5. The van der Waals surface area contributed by atoms with Gasteiger partial charge in [-0.1, -0.05) is 13.0 Å². The minimum atomic E-state index is -3.66. The van der Waals surface area contributed by atoms with Crippen LogP contribution >= 0.6 is 0 Å². The first kappa shape index (κ1) is 17.7. The first-order valence-electron chi connectivity index (χ1n) is 7.68. The number of nitro groups is 1. The number of anilines is 1. The molecule has 0 spiro atoms. The van der Waals surface area contributed by atoms with Crippen molar-refractivity contribution >= 4 is 21.2 Å². The Balaban J connectivity index is 2.37. The monoisotopic (exact) mass is 341 g/mol. The maximum Gasteiger partial charge on any atom is 0.311 e. The predicted octanol–water partition coefficient (Wildman–Crippen LogP) is 1.92. The molecule has 23 heavy (non-hydrogen) atoms. The molecule has 7 nitrogen and oxygen atoms in total. The molecule has 0 bridgehead atoms. The first-order valence-corrected chi connectivity index (χ1v) is 9.57. The Morgan fingerprint density at radius 1 is 1.43 bits per heavy atom. The van der Waals surface area contributed by atoms with E-state index < -0.39 is 14.8 Å². The number of sulfone groups is 1. The minimum absolute atomic E-state index is 0.231. The third-order valence-electron chi connectivity index (χ3n) is 4.36. The Labute approximate surface area is 137 Å². The van der Waals surface area contributed by atoms with Crippen molar-refractivity contribution in [3.8, 4) is 0 Å². The highest BCUT2D eigenvalue weighted by atomic mass is 32.2. The largest absolute Gasteiger partial charge is 0.367 e. The van der Waals surface area contributed by atoms with Crippen molar-refractivity contribution in [1.82, 2.24) is 4.90 Å². The maximum atomic E-state index is 11.8. The lowest BCUT2D eigenvalue weighted by atomic mass is 10.2. The van der Waals surface area contributed by atoms with Crippen LogP contribution in [0.5, 0.6) is 0 Å². The number of benzene rings is 1. The molecule has 0 saturated carbocycles. The molecule has 0 radical (unpaired) electrons. The Morgan fingerprint density at radius 2 is 2.13 bits per heavy atom. The quantitative estimate of drug-likeness (QED) is 0.580. The lowest BCUT2D eigenvalue weighted by Crippen LogP contribution is -2.39. The number of likely N-dealkylation sites (N-methyl/N-ethyl adjacent to an activating group) is 2. The van der Waals surface area contributed by atoms with Gasteiger partial charge in [-0.2, -0.15) is 0 Å². The molecule has 1 aliphatic rings. The van der Waals surface area contributed by atoms with E-state index in [4.69, 9.17) is 0 Å². The molecule has 1 aromatic rings. The van der Waals surface area contributed by atoms with E-state index in [1.165, 1.54) is 6.07 Å². The molecule has 1 aromatic carbocycles. The van der Waals surface area contributed by atoms with Crippen LogP contribution in [0.2, 0.25) is 0 Å². The molecule has 1 fully saturated rings. The van der Waals surface area contributed by atoms with Gasteiger partial charge < -0.3 is 4.90 Å². The normalized spacial score (nSPS) is 19.0. The number of para-hydroxylation sites is 1. The van der Waals surface area contributed by atoms with Gasteiger partial charge in [-0.05, 0) is 38.1 Å². The van der Waals surface area contributed by atoms with Crippen molar-refractivity contribution in [3.63, 3.8) is 0 Å². The summed E-state index contributed by atoms with van der Waals surface area (Å²) in [5.74, 6) is 0. The molecule has 2 rings (SSSR count). The van der Waals surface area contributed by atoms with Gasteiger partial charge in [0, 0.05) is 25.9 Å². The summed E-state index contributed by atoms with van der Waals surface area (Å²) >= 11 is 0. The third kappa shape index (κ3) is 3.81. The predicted molar refractivity (Wildman–Crippen MR) is 89.7 cm³/mol. The van der Waals surface area contributed by atoms with Crippen LogP contribution in [0.3, 0.4) is 0 Å². The maximum absolute atomic E-state index is 11.8. The molecule has 1 unspecified atom stereocenters. The summed E-state index contributed by atoms with van der Waals surface area (Å²) in [6.07, 6.45) is 3.17. The van der Waals surface area contributed by atoms with Gasteiger partial charge in [-0.3, -0.25) is 15.0 Å². The molecule has 0 amide bonds. The molecule has 0 aromatic heterocycles. The van der Waals surface area contributed by atoms with E-state index >= 15 is 0 Å². The van der Waals surface area contributed by atoms with Crippen molar-refractivity contribution in [2.24, 2.45) is 0 Å². The van der Waals surface area contributed by atoms with E-state index in [0.29, 0.717) is 18.3 Å². The SMILES string of the molecule is CCN1CCCC1CN(C)c1cccc(S(C)(=O)=O)c1[N+](=O)[O-]. The van der Waals surface area contributed by atoms with Crippen LogP contribution in [0.15, 0.2) is 23.1 Å². The lowest BCUT2D eigenvalue weighted by molar-refractivity contribution is -0.387. The van der Waals surface area contributed by atoms with Crippen molar-refractivity contribution in [1.29, 1.82) is 0 Å². The van der Waals surface area contributed by atoms with E-state index in [-0.39, 0.29) is 10.6 Å². The summed E-state index contributed by atoms with van der Waals surface area (Å²) in [7, 11) is -1.88. The van der Waals surface area contributed by atoms with E-state index in [0.717, 1.165) is 32.2 Å². The van der Waals surface area contributed by atoms with E-state index in [2.05, 4.69) is 11.8 Å². The summed E-state index contributed by atoms with van der Waals surface area (Å²) in [6, 6.07) is 4.80. The van der Waals surface area contributed by atoms with E-state index in [9.17, 15) is 18.5 Å². The fourth-order valence-electron chi connectivity index (χ4n) is 3.23. The van der Waals surface area contributed by atoms with Crippen LogP contribution in [0.4, 0.5) is 11.4 Å². The Kier molecular flexibility index (Phi) is 5.26. The molecule has 8 heteroatoms. The average Bonchev–Trinajstić information content (AvgIpc) is 2.92. The van der Waals surface area contributed by atoms with Crippen LogP contribution in [0.25, 0.3) is 0 Å². The summed E-state index contributed by atoms with van der Waals surface area (Å²) in [6.45, 7) is 4.73. The summed E-state index contributed by atoms with van der Waals surface area (Å²) in [5, 5.41) is 11.5. The number of rotatable bonds is 6. The molecule has 0 aliphatic carbocycles. The number of nitro benzene ring substituents is 1. The highest BCUT2D eigenvalue weighted by Gasteiger charge is 2.30. The molecule has 1 aliphatic heterocycles. The Morgan fingerprint density at radius 3 is 2.70 bits per heavy atom. The molecular weight excluding hydrogens is 318 g/mol. The van der Waals surface area contributed by atoms with Gasteiger partial charge in [-0.25, -0.2) is 8.42 Å². The summed E-state index contributed by atoms with van der Waals surface area (Å²) in [5.41, 5.74) is 0.0134.